The molecular weight excluding hydrogens is 264 g/mol. The molecule has 20 heavy (non-hydrogen) atoms. The number of hydrogen-bond acceptors (Lipinski definition) is 5. The molecule has 0 bridgehead atoms. The lowest BCUT2D eigenvalue weighted by Gasteiger charge is -2.26. The number of ether oxygens (including phenoxy) is 1. The minimum atomic E-state index is -0.985. The molecule has 1 saturated heterocycles. The molecule has 7 heteroatoms. The van der Waals surface area contributed by atoms with Gasteiger partial charge in [0.2, 0.25) is 5.91 Å². The maximum absolute atomic E-state index is 12.2. The van der Waals surface area contributed by atoms with E-state index in [9.17, 15) is 14.4 Å². The number of carboxylic acid groups (broad SMARTS) is 1. The summed E-state index contributed by atoms with van der Waals surface area (Å²) in [6.07, 6.45) is 1.16. The van der Waals surface area contributed by atoms with E-state index >= 15 is 0 Å². The monoisotopic (exact) mass is 286 g/mol. The SMILES string of the molecule is CCOC(=O)C(C)N[C@@H](C)C(=O)N1CCC[C@H]1C(=O)O. The second-order valence-corrected chi connectivity index (χ2v) is 4.89. The lowest BCUT2D eigenvalue weighted by atomic mass is 10.2. The van der Waals surface area contributed by atoms with Gasteiger partial charge in [0.1, 0.15) is 12.1 Å². The number of carboxylic acids is 1. The summed E-state index contributed by atoms with van der Waals surface area (Å²) in [5.74, 6) is -1.71. The first-order valence-corrected chi connectivity index (χ1v) is 6.84. The van der Waals surface area contributed by atoms with E-state index in [0.29, 0.717) is 19.4 Å². The Kier molecular flexibility index (Phi) is 5.94. The number of likely N-dealkylation sites (tertiary alicyclic amines) is 1. The highest BCUT2D eigenvalue weighted by atomic mass is 16.5. The zero-order valence-electron chi connectivity index (χ0n) is 12.1. The van der Waals surface area contributed by atoms with Crippen LogP contribution in [0, 0.1) is 0 Å². The molecule has 0 aromatic rings. The van der Waals surface area contributed by atoms with Gasteiger partial charge in [0.15, 0.2) is 0 Å². The number of carbonyl (C=O) groups is 3. The Balaban J connectivity index is 2.58. The molecule has 0 spiro atoms. The Bertz CT molecular complexity index is 385. The van der Waals surface area contributed by atoms with Crippen molar-refractivity contribution in [1.29, 1.82) is 0 Å². The van der Waals surface area contributed by atoms with E-state index in [-0.39, 0.29) is 12.5 Å². The highest BCUT2D eigenvalue weighted by Gasteiger charge is 2.36. The van der Waals surface area contributed by atoms with E-state index in [0.717, 1.165) is 0 Å². The van der Waals surface area contributed by atoms with Crippen LogP contribution in [0.1, 0.15) is 33.6 Å². The lowest BCUT2D eigenvalue weighted by molar-refractivity contribution is -0.150. The molecule has 1 amide bonds. The van der Waals surface area contributed by atoms with E-state index in [2.05, 4.69) is 5.32 Å². The van der Waals surface area contributed by atoms with Gasteiger partial charge in [0.05, 0.1) is 12.6 Å². The first-order valence-electron chi connectivity index (χ1n) is 6.84. The summed E-state index contributed by atoms with van der Waals surface area (Å²) in [7, 11) is 0. The Labute approximate surface area is 118 Å². The van der Waals surface area contributed by atoms with E-state index in [1.165, 1.54) is 4.90 Å². The van der Waals surface area contributed by atoms with Crippen molar-refractivity contribution in [3.63, 3.8) is 0 Å². The van der Waals surface area contributed by atoms with Crippen LogP contribution in [0.5, 0.6) is 0 Å². The summed E-state index contributed by atoms with van der Waals surface area (Å²) in [6, 6.07) is -2.00. The summed E-state index contributed by atoms with van der Waals surface area (Å²) in [6.45, 7) is 5.66. The number of rotatable bonds is 6. The third kappa shape index (κ3) is 3.93. The highest BCUT2D eigenvalue weighted by molar-refractivity contribution is 5.88. The average molecular weight is 286 g/mol. The third-order valence-electron chi connectivity index (χ3n) is 3.33. The maximum Gasteiger partial charge on any atom is 0.326 e. The number of hydrogen-bond donors (Lipinski definition) is 2. The van der Waals surface area contributed by atoms with E-state index in [1.807, 2.05) is 0 Å². The molecule has 1 rings (SSSR count). The Morgan fingerprint density at radius 1 is 1.35 bits per heavy atom. The fourth-order valence-electron chi connectivity index (χ4n) is 2.32. The van der Waals surface area contributed by atoms with Crippen LogP contribution < -0.4 is 5.32 Å². The minimum Gasteiger partial charge on any atom is -0.480 e. The fourth-order valence-corrected chi connectivity index (χ4v) is 2.32. The summed E-state index contributed by atoms with van der Waals surface area (Å²) in [5.41, 5.74) is 0. The van der Waals surface area contributed by atoms with Crippen molar-refractivity contribution in [3.05, 3.63) is 0 Å². The second-order valence-electron chi connectivity index (χ2n) is 4.89. The third-order valence-corrected chi connectivity index (χ3v) is 3.33. The zero-order valence-corrected chi connectivity index (χ0v) is 12.1. The normalized spacial score (nSPS) is 21.4. The van der Waals surface area contributed by atoms with Crippen LogP contribution in [0.15, 0.2) is 0 Å². The fraction of sp³-hybridized carbons (Fsp3) is 0.769. The van der Waals surface area contributed by atoms with Gasteiger partial charge in [0, 0.05) is 6.54 Å². The zero-order chi connectivity index (χ0) is 15.3. The van der Waals surface area contributed by atoms with Gasteiger partial charge in [-0.05, 0) is 33.6 Å². The minimum absolute atomic E-state index is 0.278. The van der Waals surface area contributed by atoms with Crippen molar-refractivity contribution in [2.45, 2.75) is 51.7 Å². The number of carbonyl (C=O) groups excluding carboxylic acids is 2. The molecule has 114 valence electrons. The molecule has 0 aromatic heterocycles. The average Bonchev–Trinajstić information content (AvgIpc) is 2.87. The van der Waals surface area contributed by atoms with Crippen LogP contribution in [-0.4, -0.2) is 59.1 Å². The van der Waals surface area contributed by atoms with Gasteiger partial charge in [-0.15, -0.1) is 0 Å². The van der Waals surface area contributed by atoms with Crippen molar-refractivity contribution in [1.82, 2.24) is 10.2 Å². The van der Waals surface area contributed by atoms with Gasteiger partial charge in [-0.25, -0.2) is 4.79 Å². The van der Waals surface area contributed by atoms with Crippen molar-refractivity contribution < 1.29 is 24.2 Å². The van der Waals surface area contributed by atoms with Gasteiger partial charge in [0.25, 0.3) is 0 Å². The van der Waals surface area contributed by atoms with Crippen molar-refractivity contribution >= 4 is 17.8 Å². The molecule has 1 fully saturated rings. The van der Waals surface area contributed by atoms with Crippen molar-refractivity contribution in [2.75, 3.05) is 13.2 Å². The lowest BCUT2D eigenvalue weighted by Crippen LogP contribution is -2.52. The second kappa shape index (κ2) is 7.23. The first kappa shape index (κ1) is 16.4. The topological polar surface area (TPSA) is 95.9 Å². The molecule has 0 aliphatic carbocycles. The van der Waals surface area contributed by atoms with E-state index in [4.69, 9.17) is 9.84 Å². The summed E-state index contributed by atoms with van der Waals surface area (Å²) < 4.78 is 4.85. The molecule has 1 aliphatic rings. The molecule has 3 atom stereocenters. The van der Waals surface area contributed by atoms with Crippen LogP contribution in [0.4, 0.5) is 0 Å². The quantitative estimate of drug-likeness (QED) is 0.667. The van der Waals surface area contributed by atoms with Gasteiger partial charge in [-0.1, -0.05) is 0 Å². The predicted octanol–water partition coefficient (Wildman–Crippen LogP) is -0.00830. The van der Waals surface area contributed by atoms with E-state index in [1.54, 1.807) is 20.8 Å². The first-order chi connectivity index (χ1) is 9.38. The summed E-state index contributed by atoms with van der Waals surface area (Å²) >= 11 is 0. The van der Waals surface area contributed by atoms with E-state index < -0.39 is 30.1 Å². The van der Waals surface area contributed by atoms with Gasteiger partial charge >= 0.3 is 11.9 Å². The largest absolute Gasteiger partial charge is 0.480 e. The molecule has 2 N–H and O–H groups in total. The van der Waals surface area contributed by atoms with Crippen LogP contribution in [0.3, 0.4) is 0 Å². The molecule has 0 saturated carbocycles. The van der Waals surface area contributed by atoms with Gasteiger partial charge < -0.3 is 14.7 Å². The predicted molar refractivity (Wildman–Crippen MR) is 71.1 cm³/mol. The molecule has 1 aliphatic heterocycles. The van der Waals surface area contributed by atoms with Gasteiger partial charge in [-0.2, -0.15) is 0 Å². The number of amides is 1. The summed E-state index contributed by atoms with van der Waals surface area (Å²) in [4.78, 5) is 36.1. The molecular formula is C13H22N2O5. The Morgan fingerprint density at radius 2 is 2.00 bits per heavy atom. The molecule has 0 aromatic carbocycles. The summed E-state index contributed by atoms with van der Waals surface area (Å²) in [5, 5.41) is 11.9. The Hall–Kier alpha value is -1.63. The Morgan fingerprint density at radius 3 is 2.55 bits per heavy atom. The van der Waals surface area contributed by atoms with Gasteiger partial charge in [-0.3, -0.25) is 14.9 Å². The van der Waals surface area contributed by atoms with Crippen LogP contribution in [0.25, 0.3) is 0 Å². The van der Waals surface area contributed by atoms with Crippen LogP contribution in [-0.2, 0) is 19.1 Å². The number of nitrogens with one attached hydrogen (secondary N) is 1. The molecule has 0 radical (unpaired) electrons. The molecule has 1 unspecified atom stereocenters. The molecule has 7 nitrogen and oxygen atoms in total. The number of esters is 1. The highest BCUT2D eigenvalue weighted by Crippen LogP contribution is 2.18. The van der Waals surface area contributed by atoms with Crippen molar-refractivity contribution in [2.24, 2.45) is 0 Å². The van der Waals surface area contributed by atoms with Crippen molar-refractivity contribution in [3.8, 4) is 0 Å². The van der Waals surface area contributed by atoms with Crippen LogP contribution in [0.2, 0.25) is 0 Å². The smallest absolute Gasteiger partial charge is 0.326 e. The van der Waals surface area contributed by atoms with Crippen LogP contribution >= 0.6 is 0 Å². The standard InChI is InChI=1S/C13H22N2O5/c1-4-20-13(19)9(3)14-8(2)11(16)15-7-5-6-10(15)12(17)18/h8-10,14H,4-7H2,1-3H3,(H,17,18)/t8-,9?,10-/m0/s1. The molecule has 1 heterocycles. The number of nitrogens with zero attached hydrogens (tertiary/aromatic N) is 1. The number of aliphatic carboxylic acids is 1. The maximum atomic E-state index is 12.2.